The van der Waals surface area contributed by atoms with E-state index in [1.165, 1.54) is 5.56 Å². The summed E-state index contributed by atoms with van der Waals surface area (Å²) in [6.45, 7) is 0.791. The number of halogens is 1. The van der Waals surface area contributed by atoms with E-state index in [1.54, 1.807) is 12.4 Å². The van der Waals surface area contributed by atoms with E-state index in [1.807, 2.05) is 13.1 Å². The molecule has 0 spiro atoms. The molecule has 1 rings (SSSR count). The van der Waals surface area contributed by atoms with Gasteiger partial charge in [-0.2, -0.15) is 0 Å². The van der Waals surface area contributed by atoms with Crippen molar-refractivity contribution in [1.82, 2.24) is 15.8 Å². The average Bonchev–Trinajstić information content (AvgIpc) is 2.03. The number of hydrogen-bond acceptors (Lipinski definition) is 3. The minimum atomic E-state index is 0.791. The highest BCUT2D eigenvalue weighted by atomic mass is 79.9. The Morgan fingerprint density at radius 2 is 2.45 bits per heavy atom. The van der Waals surface area contributed by atoms with Gasteiger partial charge in [0.1, 0.15) is 0 Å². The van der Waals surface area contributed by atoms with Gasteiger partial charge in [-0.3, -0.25) is 15.8 Å². The molecule has 0 saturated heterocycles. The fraction of sp³-hybridized carbons (Fsp3) is 0.286. The number of nitrogens with one attached hydrogen (secondary N) is 2. The maximum Gasteiger partial charge on any atom is 0.0413 e. The normalized spacial score (nSPS) is 10.0. The van der Waals surface area contributed by atoms with Crippen molar-refractivity contribution in [2.45, 2.75) is 6.54 Å². The lowest BCUT2D eigenvalue weighted by molar-refractivity contribution is 0.595. The monoisotopic (exact) mass is 215 g/mol. The maximum atomic E-state index is 3.96. The van der Waals surface area contributed by atoms with Gasteiger partial charge in [0.05, 0.1) is 0 Å². The highest BCUT2D eigenvalue weighted by Crippen LogP contribution is 2.13. The number of rotatable bonds is 3. The number of pyridine rings is 1. The molecule has 3 nitrogen and oxygen atoms in total. The molecule has 11 heavy (non-hydrogen) atoms. The van der Waals surface area contributed by atoms with Gasteiger partial charge in [0.25, 0.3) is 0 Å². The Bertz CT molecular complexity index is 227. The fourth-order valence-corrected chi connectivity index (χ4v) is 1.12. The summed E-state index contributed by atoms with van der Waals surface area (Å²) in [5.74, 6) is 0. The Labute approximate surface area is 74.3 Å². The highest BCUT2D eigenvalue weighted by Gasteiger charge is 1.95. The van der Waals surface area contributed by atoms with Crippen LogP contribution in [0.25, 0.3) is 0 Å². The van der Waals surface area contributed by atoms with E-state index in [9.17, 15) is 0 Å². The maximum absolute atomic E-state index is 3.96. The second-order valence-electron chi connectivity index (χ2n) is 2.07. The summed E-state index contributed by atoms with van der Waals surface area (Å²) in [5.41, 5.74) is 7.04. The molecule has 4 heteroatoms. The van der Waals surface area contributed by atoms with Crippen LogP contribution in [0.4, 0.5) is 0 Å². The van der Waals surface area contributed by atoms with Gasteiger partial charge in [-0.1, -0.05) is 0 Å². The molecule has 0 atom stereocenters. The largest absolute Gasteiger partial charge is 0.264 e. The third kappa shape index (κ3) is 2.57. The molecule has 0 aliphatic carbocycles. The Morgan fingerprint density at radius 3 is 3.09 bits per heavy atom. The number of hydrazine groups is 1. The van der Waals surface area contributed by atoms with Crippen LogP contribution < -0.4 is 10.9 Å². The summed E-state index contributed by atoms with van der Waals surface area (Å²) < 4.78 is 1.03. The van der Waals surface area contributed by atoms with E-state index in [-0.39, 0.29) is 0 Å². The van der Waals surface area contributed by atoms with Crippen LogP contribution in [-0.2, 0) is 6.54 Å². The second kappa shape index (κ2) is 4.43. The van der Waals surface area contributed by atoms with Crippen molar-refractivity contribution in [2.75, 3.05) is 7.05 Å². The predicted molar refractivity (Wildman–Crippen MR) is 47.8 cm³/mol. The van der Waals surface area contributed by atoms with Crippen LogP contribution in [0.5, 0.6) is 0 Å². The molecule has 1 heterocycles. The van der Waals surface area contributed by atoms with E-state index >= 15 is 0 Å². The predicted octanol–water partition coefficient (Wildman–Crippen LogP) is 1.07. The van der Waals surface area contributed by atoms with E-state index in [2.05, 4.69) is 31.8 Å². The van der Waals surface area contributed by atoms with Gasteiger partial charge in [0.15, 0.2) is 0 Å². The van der Waals surface area contributed by atoms with Crippen LogP contribution in [0.3, 0.4) is 0 Å². The number of aromatic nitrogens is 1. The molecule has 60 valence electrons. The van der Waals surface area contributed by atoms with Crippen LogP contribution >= 0.6 is 15.9 Å². The lowest BCUT2D eigenvalue weighted by atomic mass is 10.3. The minimum Gasteiger partial charge on any atom is -0.264 e. The molecule has 0 bridgehead atoms. The van der Waals surface area contributed by atoms with Crippen molar-refractivity contribution in [1.29, 1.82) is 0 Å². The lowest BCUT2D eigenvalue weighted by Gasteiger charge is -2.03. The third-order valence-electron chi connectivity index (χ3n) is 1.31. The SMILES string of the molecule is CNNCc1ccncc1Br. The summed E-state index contributed by atoms with van der Waals surface area (Å²) in [4.78, 5) is 3.96. The molecule has 0 fully saturated rings. The average molecular weight is 216 g/mol. The molecule has 0 aliphatic rings. The quantitative estimate of drug-likeness (QED) is 0.742. The topological polar surface area (TPSA) is 37.0 Å². The third-order valence-corrected chi connectivity index (χ3v) is 2.03. The minimum absolute atomic E-state index is 0.791. The van der Waals surface area contributed by atoms with Crippen molar-refractivity contribution in [3.8, 4) is 0 Å². The molecule has 2 N–H and O–H groups in total. The molecule has 0 amide bonds. The first-order chi connectivity index (χ1) is 5.34. The van der Waals surface area contributed by atoms with Gasteiger partial charge in [0, 0.05) is 23.4 Å². The molecule has 1 aromatic rings. The molecular weight excluding hydrogens is 206 g/mol. The van der Waals surface area contributed by atoms with Gasteiger partial charge in [-0.05, 0) is 34.6 Å². The van der Waals surface area contributed by atoms with Gasteiger partial charge >= 0.3 is 0 Å². The van der Waals surface area contributed by atoms with Crippen LogP contribution in [0, 0.1) is 0 Å². The number of hydrogen-bond donors (Lipinski definition) is 2. The lowest BCUT2D eigenvalue weighted by Crippen LogP contribution is -2.26. The zero-order valence-electron chi connectivity index (χ0n) is 6.26. The van der Waals surface area contributed by atoms with Crippen molar-refractivity contribution in [3.05, 3.63) is 28.5 Å². The van der Waals surface area contributed by atoms with Gasteiger partial charge < -0.3 is 0 Å². The summed E-state index contributed by atoms with van der Waals surface area (Å²) in [5, 5.41) is 0. The Hall–Kier alpha value is -0.450. The van der Waals surface area contributed by atoms with E-state index in [4.69, 9.17) is 0 Å². The van der Waals surface area contributed by atoms with Crippen molar-refractivity contribution >= 4 is 15.9 Å². The Kier molecular flexibility index (Phi) is 3.48. The van der Waals surface area contributed by atoms with Gasteiger partial charge in [-0.25, -0.2) is 0 Å². The van der Waals surface area contributed by atoms with E-state index < -0.39 is 0 Å². The fourth-order valence-electron chi connectivity index (χ4n) is 0.731. The summed E-state index contributed by atoms with van der Waals surface area (Å²) >= 11 is 3.40. The molecule has 0 radical (unpaired) electrons. The van der Waals surface area contributed by atoms with E-state index in [0.717, 1.165) is 11.0 Å². The second-order valence-corrected chi connectivity index (χ2v) is 2.92. The van der Waals surface area contributed by atoms with Crippen molar-refractivity contribution in [3.63, 3.8) is 0 Å². The Balaban J connectivity index is 2.62. The zero-order chi connectivity index (χ0) is 8.10. The standard InChI is InChI=1S/C7H10BrN3/c1-9-11-4-6-2-3-10-5-7(6)8/h2-3,5,9,11H,4H2,1H3. The molecule has 0 unspecified atom stereocenters. The zero-order valence-corrected chi connectivity index (χ0v) is 7.85. The molecular formula is C7H10BrN3. The first-order valence-corrected chi connectivity index (χ1v) is 4.12. The first kappa shape index (κ1) is 8.64. The Morgan fingerprint density at radius 1 is 1.64 bits per heavy atom. The van der Waals surface area contributed by atoms with Gasteiger partial charge in [-0.15, -0.1) is 0 Å². The summed E-state index contributed by atoms with van der Waals surface area (Å²) in [6.07, 6.45) is 3.56. The van der Waals surface area contributed by atoms with Gasteiger partial charge in [0.2, 0.25) is 0 Å². The molecule has 0 aliphatic heterocycles. The first-order valence-electron chi connectivity index (χ1n) is 3.32. The summed E-state index contributed by atoms with van der Waals surface area (Å²) in [6, 6.07) is 1.97. The van der Waals surface area contributed by atoms with Crippen LogP contribution in [0.15, 0.2) is 22.9 Å². The number of nitrogens with zero attached hydrogens (tertiary/aromatic N) is 1. The summed E-state index contributed by atoms with van der Waals surface area (Å²) in [7, 11) is 1.84. The molecule has 0 saturated carbocycles. The van der Waals surface area contributed by atoms with Crippen LogP contribution in [0.1, 0.15) is 5.56 Å². The van der Waals surface area contributed by atoms with Crippen LogP contribution in [0.2, 0.25) is 0 Å². The van der Waals surface area contributed by atoms with Crippen molar-refractivity contribution < 1.29 is 0 Å². The molecule has 0 aromatic carbocycles. The smallest absolute Gasteiger partial charge is 0.0413 e. The highest BCUT2D eigenvalue weighted by molar-refractivity contribution is 9.10. The van der Waals surface area contributed by atoms with Crippen molar-refractivity contribution in [2.24, 2.45) is 0 Å². The molecule has 1 aromatic heterocycles. The van der Waals surface area contributed by atoms with Crippen LogP contribution in [-0.4, -0.2) is 12.0 Å². The van der Waals surface area contributed by atoms with E-state index in [0.29, 0.717) is 0 Å².